The zero-order valence-electron chi connectivity index (χ0n) is 8.86. The Morgan fingerprint density at radius 3 is 2.80 bits per heavy atom. The minimum Gasteiger partial charge on any atom is -0.381 e. The molecule has 0 bridgehead atoms. The third-order valence-electron chi connectivity index (χ3n) is 3.00. The summed E-state index contributed by atoms with van der Waals surface area (Å²) in [5.41, 5.74) is 4.15. The highest BCUT2D eigenvalue weighted by Crippen LogP contribution is 2.25. The summed E-state index contributed by atoms with van der Waals surface area (Å²) in [5, 5.41) is 0. The van der Waals surface area contributed by atoms with Gasteiger partial charge in [-0.15, -0.1) is 0 Å². The van der Waals surface area contributed by atoms with E-state index >= 15 is 0 Å². The standard InChI is InChI=1S/C12H18N2O/c13-14-12(8-10-6-7-15-9-10)11-4-2-1-3-5-11/h1-5,10,12,14H,6-9,13H2. The summed E-state index contributed by atoms with van der Waals surface area (Å²) in [6, 6.07) is 10.6. The quantitative estimate of drug-likeness (QED) is 0.581. The van der Waals surface area contributed by atoms with Crippen LogP contribution in [0, 0.1) is 5.92 Å². The summed E-state index contributed by atoms with van der Waals surface area (Å²) in [6.07, 6.45) is 2.21. The van der Waals surface area contributed by atoms with Crippen LogP contribution in [-0.4, -0.2) is 13.2 Å². The smallest absolute Gasteiger partial charge is 0.0495 e. The van der Waals surface area contributed by atoms with Crippen LogP contribution in [-0.2, 0) is 4.74 Å². The molecule has 2 unspecified atom stereocenters. The lowest BCUT2D eigenvalue weighted by Crippen LogP contribution is -2.29. The number of ether oxygens (including phenoxy) is 1. The number of rotatable bonds is 4. The Kier molecular flexibility index (Phi) is 3.72. The molecule has 1 aliphatic heterocycles. The molecule has 0 radical (unpaired) electrons. The van der Waals surface area contributed by atoms with E-state index in [1.54, 1.807) is 0 Å². The van der Waals surface area contributed by atoms with Crippen LogP contribution < -0.4 is 11.3 Å². The number of hydrogen-bond donors (Lipinski definition) is 2. The maximum atomic E-state index is 5.59. The van der Waals surface area contributed by atoms with Crippen LogP contribution in [0.1, 0.15) is 24.4 Å². The molecule has 2 rings (SSSR count). The molecular formula is C12H18N2O. The summed E-state index contributed by atoms with van der Waals surface area (Å²) in [7, 11) is 0. The van der Waals surface area contributed by atoms with E-state index in [-0.39, 0.29) is 6.04 Å². The maximum absolute atomic E-state index is 5.59. The molecule has 3 nitrogen and oxygen atoms in total. The zero-order chi connectivity index (χ0) is 10.5. The molecule has 0 spiro atoms. The Hall–Kier alpha value is -0.900. The van der Waals surface area contributed by atoms with Crippen molar-refractivity contribution in [2.75, 3.05) is 13.2 Å². The lowest BCUT2D eigenvalue weighted by molar-refractivity contribution is 0.181. The zero-order valence-corrected chi connectivity index (χ0v) is 8.86. The molecule has 15 heavy (non-hydrogen) atoms. The van der Waals surface area contributed by atoms with Gasteiger partial charge in [-0.05, 0) is 24.3 Å². The summed E-state index contributed by atoms with van der Waals surface area (Å²) in [5.74, 6) is 6.24. The fraction of sp³-hybridized carbons (Fsp3) is 0.500. The SMILES string of the molecule is NNC(CC1CCOC1)c1ccccc1. The summed E-state index contributed by atoms with van der Waals surface area (Å²) < 4.78 is 5.37. The predicted molar refractivity (Wildman–Crippen MR) is 60.0 cm³/mol. The Morgan fingerprint density at radius 1 is 1.40 bits per heavy atom. The van der Waals surface area contributed by atoms with Crippen molar-refractivity contribution >= 4 is 0 Å². The third-order valence-corrected chi connectivity index (χ3v) is 3.00. The van der Waals surface area contributed by atoms with Crippen LogP contribution >= 0.6 is 0 Å². The summed E-state index contributed by atoms with van der Waals surface area (Å²) in [4.78, 5) is 0. The molecule has 1 fully saturated rings. The molecule has 0 amide bonds. The van der Waals surface area contributed by atoms with Crippen molar-refractivity contribution in [3.63, 3.8) is 0 Å². The first-order valence-corrected chi connectivity index (χ1v) is 5.49. The predicted octanol–water partition coefficient (Wildman–Crippen LogP) is 1.62. The van der Waals surface area contributed by atoms with Crippen LogP contribution in [0.15, 0.2) is 30.3 Å². The van der Waals surface area contributed by atoms with Crippen molar-refractivity contribution in [1.82, 2.24) is 5.43 Å². The lowest BCUT2D eigenvalue weighted by atomic mass is 9.95. The first kappa shape index (κ1) is 10.6. The van der Waals surface area contributed by atoms with Gasteiger partial charge in [0.25, 0.3) is 0 Å². The van der Waals surface area contributed by atoms with Crippen LogP contribution in [0.2, 0.25) is 0 Å². The largest absolute Gasteiger partial charge is 0.381 e. The molecule has 0 saturated carbocycles. The van der Waals surface area contributed by atoms with Gasteiger partial charge in [0.15, 0.2) is 0 Å². The van der Waals surface area contributed by atoms with Crippen LogP contribution in [0.3, 0.4) is 0 Å². The van der Waals surface area contributed by atoms with Gasteiger partial charge >= 0.3 is 0 Å². The van der Waals surface area contributed by atoms with Gasteiger partial charge in [-0.25, -0.2) is 0 Å². The Bertz CT molecular complexity index is 283. The van der Waals surface area contributed by atoms with E-state index < -0.39 is 0 Å². The highest BCUT2D eigenvalue weighted by molar-refractivity contribution is 5.18. The topological polar surface area (TPSA) is 47.3 Å². The average molecular weight is 206 g/mol. The van der Waals surface area contributed by atoms with Crippen molar-refractivity contribution in [3.8, 4) is 0 Å². The van der Waals surface area contributed by atoms with E-state index in [0.717, 1.165) is 26.1 Å². The molecule has 1 saturated heterocycles. The fourth-order valence-electron chi connectivity index (χ4n) is 2.09. The molecule has 1 aliphatic rings. The second-order valence-corrected chi connectivity index (χ2v) is 4.10. The molecule has 2 atom stereocenters. The fourth-order valence-corrected chi connectivity index (χ4v) is 2.09. The van der Waals surface area contributed by atoms with E-state index in [2.05, 4.69) is 17.6 Å². The van der Waals surface area contributed by atoms with Crippen LogP contribution in [0.4, 0.5) is 0 Å². The van der Waals surface area contributed by atoms with Crippen molar-refractivity contribution in [1.29, 1.82) is 0 Å². The van der Waals surface area contributed by atoms with Gasteiger partial charge in [0.2, 0.25) is 0 Å². The van der Waals surface area contributed by atoms with Gasteiger partial charge < -0.3 is 4.74 Å². The van der Waals surface area contributed by atoms with Gasteiger partial charge in [-0.2, -0.15) is 0 Å². The number of benzene rings is 1. The monoisotopic (exact) mass is 206 g/mol. The number of nitrogens with one attached hydrogen (secondary N) is 1. The van der Waals surface area contributed by atoms with Crippen molar-refractivity contribution < 1.29 is 4.74 Å². The van der Waals surface area contributed by atoms with E-state index in [9.17, 15) is 0 Å². The minimum atomic E-state index is 0.248. The van der Waals surface area contributed by atoms with Crippen molar-refractivity contribution in [2.24, 2.45) is 11.8 Å². The van der Waals surface area contributed by atoms with E-state index in [4.69, 9.17) is 10.6 Å². The summed E-state index contributed by atoms with van der Waals surface area (Å²) >= 11 is 0. The van der Waals surface area contributed by atoms with E-state index in [0.29, 0.717) is 5.92 Å². The molecule has 1 aromatic rings. The molecule has 0 aromatic heterocycles. The first-order valence-electron chi connectivity index (χ1n) is 5.49. The number of hydrazine groups is 1. The first-order chi connectivity index (χ1) is 7.40. The highest BCUT2D eigenvalue weighted by atomic mass is 16.5. The Morgan fingerprint density at radius 2 is 2.20 bits per heavy atom. The average Bonchev–Trinajstić information content (AvgIpc) is 2.80. The van der Waals surface area contributed by atoms with Crippen LogP contribution in [0.25, 0.3) is 0 Å². The normalized spacial score (nSPS) is 22.9. The Balaban J connectivity index is 1.97. The molecular weight excluding hydrogens is 188 g/mol. The third kappa shape index (κ3) is 2.78. The number of nitrogens with two attached hydrogens (primary N) is 1. The van der Waals surface area contributed by atoms with Gasteiger partial charge in [-0.3, -0.25) is 11.3 Å². The molecule has 3 N–H and O–H groups in total. The molecule has 3 heteroatoms. The van der Waals surface area contributed by atoms with E-state index in [1.165, 1.54) is 5.56 Å². The van der Waals surface area contributed by atoms with Crippen molar-refractivity contribution in [3.05, 3.63) is 35.9 Å². The molecule has 1 aromatic carbocycles. The van der Waals surface area contributed by atoms with E-state index in [1.807, 2.05) is 18.2 Å². The van der Waals surface area contributed by atoms with Crippen LogP contribution in [0.5, 0.6) is 0 Å². The summed E-state index contributed by atoms with van der Waals surface area (Å²) in [6.45, 7) is 1.78. The highest BCUT2D eigenvalue weighted by Gasteiger charge is 2.20. The second-order valence-electron chi connectivity index (χ2n) is 4.10. The van der Waals surface area contributed by atoms with Crippen molar-refractivity contribution in [2.45, 2.75) is 18.9 Å². The Labute approximate surface area is 90.6 Å². The molecule has 82 valence electrons. The maximum Gasteiger partial charge on any atom is 0.0495 e. The molecule has 0 aliphatic carbocycles. The minimum absolute atomic E-state index is 0.248. The second kappa shape index (κ2) is 5.26. The van der Waals surface area contributed by atoms with Gasteiger partial charge in [0, 0.05) is 19.3 Å². The van der Waals surface area contributed by atoms with Gasteiger partial charge in [0.1, 0.15) is 0 Å². The molecule has 1 heterocycles. The lowest BCUT2D eigenvalue weighted by Gasteiger charge is -2.19. The van der Waals surface area contributed by atoms with Gasteiger partial charge in [-0.1, -0.05) is 30.3 Å². The number of hydrogen-bond acceptors (Lipinski definition) is 3. The van der Waals surface area contributed by atoms with Gasteiger partial charge in [0.05, 0.1) is 0 Å².